The first kappa shape index (κ1) is 19.8. The summed E-state index contributed by atoms with van der Waals surface area (Å²) in [6.07, 6.45) is 2.14. The standard InChI is InChI=1S/C16H21F2N3O3.HI/c1-10-2-4-21(5-3-10)16(19)20-8-11-6-13-14(23-9-22-13)7-12(11)24-15(17)18;/h6-7,10,15H,2-5,8-9H2,1H3,(H2,19,20);1H. The molecule has 2 aliphatic heterocycles. The first-order valence-electron chi connectivity index (χ1n) is 7.95. The van der Waals surface area contributed by atoms with E-state index in [9.17, 15) is 8.78 Å². The number of guanidine groups is 1. The van der Waals surface area contributed by atoms with Crippen LogP contribution in [0.5, 0.6) is 17.2 Å². The number of alkyl halides is 2. The number of rotatable bonds is 4. The van der Waals surface area contributed by atoms with Gasteiger partial charge in [0.1, 0.15) is 5.75 Å². The Kier molecular flexibility index (Phi) is 6.91. The molecule has 1 aromatic rings. The first-order valence-corrected chi connectivity index (χ1v) is 7.95. The number of likely N-dealkylation sites (tertiary alicyclic amines) is 1. The number of hydrogen-bond acceptors (Lipinski definition) is 4. The van der Waals surface area contributed by atoms with Crippen molar-refractivity contribution in [2.24, 2.45) is 16.6 Å². The molecular weight excluding hydrogens is 447 g/mol. The molecule has 140 valence electrons. The van der Waals surface area contributed by atoms with E-state index in [1.165, 1.54) is 6.07 Å². The predicted molar refractivity (Wildman–Crippen MR) is 99.9 cm³/mol. The van der Waals surface area contributed by atoms with Crippen LogP contribution in [0.15, 0.2) is 17.1 Å². The molecule has 0 aromatic heterocycles. The average Bonchev–Trinajstić information content (AvgIpc) is 2.99. The minimum Gasteiger partial charge on any atom is -0.454 e. The summed E-state index contributed by atoms with van der Waals surface area (Å²) in [5, 5.41) is 0. The van der Waals surface area contributed by atoms with Gasteiger partial charge in [0.15, 0.2) is 17.5 Å². The van der Waals surface area contributed by atoms with E-state index in [0.29, 0.717) is 28.9 Å². The maximum atomic E-state index is 12.6. The molecule has 0 radical (unpaired) electrons. The van der Waals surface area contributed by atoms with E-state index in [1.54, 1.807) is 6.07 Å². The Hall–Kier alpha value is -1.52. The largest absolute Gasteiger partial charge is 0.454 e. The topological polar surface area (TPSA) is 69.3 Å². The summed E-state index contributed by atoms with van der Waals surface area (Å²) in [5.41, 5.74) is 6.52. The van der Waals surface area contributed by atoms with Crippen molar-refractivity contribution in [1.82, 2.24) is 4.90 Å². The van der Waals surface area contributed by atoms with Crippen LogP contribution in [0, 0.1) is 5.92 Å². The van der Waals surface area contributed by atoms with Gasteiger partial charge in [-0.25, -0.2) is 4.99 Å². The third kappa shape index (κ3) is 4.99. The van der Waals surface area contributed by atoms with E-state index >= 15 is 0 Å². The lowest BCUT2D eigenvalue weighted by atomic mass is 10.00. The monoisotopic (exact) mass is 469 g/mol. The molecule has 0 unspecified atom stereocenters. The molecule has 0 bridgehead atoms. The highest BCUT2D eigenvalue weighted by atomic mass is 127. The SMILES string of the molecule is CC1CCN(C(N)=NCc2cc3c(cc2OC(F)F)OCO3)CC1.I. The summed E-state index contributed by atoms with van der Waals surface area (Å²) in [4.78, 5) is 6.35. The molecule has 3 rings (SSSR count). The fourth-order valence-electron chi connectivity index (χ4n) is 2.80. The third-order valence-corrected chi connectivity index (χ3v) is 4.29. The Balaban J connectivity index is 0.00000225. The van der Waals surface area contributed by atoms with Gasteiger partial charge < -0.3 is 24.8 Å². The zero-order valence-corrected chi connectivity index (χ0v) is 16.2. The number of halogens is 3. The lowest BCUT2D eigenvalue weighted by molar-refractivity contribution is -0.0505. The van der Waals surface area contributed by atoms with Gasteiger partial charge in [0.25, 0.3) is 0 Å². The molecule has 2 N–H and O–H groups in total. The summed E-state index contributed by atoms with van der Waals surface area (Å²) in [7, 11) is 0. The number of hydrogen-bond donors (Lipinski definition) is 1. The van der Waals surface area contributed by atoms with Crippen molar-refractivity contribution in [2.75, 3.05) is 19.9 Å². The van der Waals surface area contributed by atoms with Crippen molar-refractivity contribution in [1.29, 1.82) is 0 Å². The molecule has 0 atom stereocenters. The van der Waals surface area contributed by atoms with Crippen LogP contribution in [0.3, 0.4) is 0 Å². The van der Waals surface area contributed by atoms with Crippen LogP contribution in [0.4, 0.5) is 8.78 Å². The number of benzene rings is 1. The maximum absolute atomic E-state index is 12.6. The lowest BCUT2D eigenvalue weighted by Gasteiger charge is -2.31. The van der Waals surface area contributed by atoms with E-state index in [1.807, 2.05) is 4.90 Å². The van der Waals surface area contributed by atoms with Crippen LogP contribution >= 0.6 is 24.0 Å². The second-order valence-corrected chi connectivity index (χ2v) is 6.04. The number of fused-ring (bicyclic) bond motifs is 1. The summed E-state index contributed by atoms with van der Waals surface area (Å²) >= 11 is 0. The van der Waals surface area contributed by atoms with Crippen molar-refractivity contribution in [3.8, 4) is 17.2 Å². The van der Waals surface area contributed by atoms with Crippen molar-refractivity contribution in [3.63, 3.8) is 0 Å². The Morgan fingerprint density at radius 1 is 1.32 bits per heavy atom. The minimum atomic E-state index is -2.92. The molecule has 1 aromatic carbocycles. The predicted octanol–water partition coefficient (Wildman–Crippen LogP) is 3.18. The highest BCUT2D eigenvalue weighted by Crippen LogP contribution is 2.39. The Labute approximate surface area is 162 Å². The van der Waals surface area contributed by atoms with Gasteiger partial charge in [-0.05, 0) is 24.8 Å². The second kappa shape index (κ2) is 8.72. The summed E-state index contributed by atoms with van der Waals surface area (Å²) in [6.45, 7) is 1.20. The Morgan fingerprint density at radius 3 is 2.60 bits per heavy atom. The molecule has 1 fully saturated rings. The number of piperidine rings is 1. The second-order valence-electron chi connectivity index (χ2n) is 6.04. The van der Waals surface area contributed by atoms with E-state index in [2.05, 4.69) is 16.7 Å². The van der Waals surface area contributed by atoms with E-state index < -0.39 is 6.61 Å². The molecule has 1 saturated heterocycles. The minimum absolute atomic E-state index is 0. The number of aliphatic imine (C=N–C) groups is 1. The fraction of sp³-hybridized carbons (Fsp3) is 0.562. The number of nitrogens with two attached hydrogens (primary N) is 1. The third-order valence-electron chi connectivity index (χ3n) is 4.29. The zero-order chi connectivity index (χ0) is 17.1. The van der Waals surface area contributed by atoms with Gasteiger partial charge in [-0.15, -0.1) is 24.0 Å². The quantitative estimate of drug-likeness (QED) is 0.417. The van der Waals surface area contributed by atoms with Crippen molar-refractivity contribution in [3.05, 3.63) is 17.7 Å². The van der Waals surface area contributed by atoms with Gasteiger partial charge >= 0.3 is 6.61 Å². The fourth-order valence-corrected chi connectivity index (χ4v) is 2.80. The average molecular weight is 469 g/mol. The number of nitrogens with zero attached hydrogens (tertiary/aromatic N) is 2. The molecular formula is C16H22F2IN3O3. The number of ether oxygens (including phenoxy) is 3. The van der Waals surface area contributed by atoms with Crippen molar-refractivity contribution < 1.29 is 23.0 Å². The van der Waals surface area contributed by atoms with Gasteiger partial charge in [0.05, 0.1) is 6.54 Å². The van der Waals surface area contributed by atoms with Crippen molar-refractivity contribution >= 4 is 29.9 Å². The molecule has 25 heavy (non-hydrogen) atoms. The summed E-state index contributed by atoms with van der Waals surface area (Å²) < 4.78 is 40.3. The normalized spacial score (nSPS) is 17.6. The van der Waals surface area contributed by atoms with Gasteiger partial charge in [0, 0.05) is 24.7 Å². The highest BCUT2D eigenvalue weighted by molar-refractivity contribution is 14.0. The Morgan fingerprint density at radius 2 is 1.96 bits per heavy atom. The highest BCUT2D eigenvalue weighted by Gasteiger charge is 2.21. The van der Waals surface area contributed by atoms with Crippen molar-refractivity contribution in [2.45, 2.75) is 32.9 Å². The van der Waals surface area contributed by atoms with E-state index in [4.69, 9.17) is 15.2 Å². The van der Waals surface area contributed by atoms with Gasteiger partial charge in [-0.2, -0.15) is 8.78 Å². The molecule has 0 spiro atoms. The van der Waals surface area contributed by atoms with Crippen LogP contribution in [-0.2, 0) is 6.54 Å². The first-order chi connectivity index (χ1) is 11.5. The molecule has 2 heterocycles. The lowest BCUT2D eigenvalue weighted by Crippen LogP contribution is -2.42. The van der Waals surface area contributed by atoms with Crippen LogP contribution in [0.1, 0.15) is 25.3 Å². The summed E-state index contributed by atoms with van der Waals surface area (Å²) in [5.74, 6) is 2.01. The molecule has 6 nitrogen and oxygen atoms in total. The van der Waals surface area contributed by atoms with Gasteiger partial charge in [0.2, 0.25) is 6.79 Å². The van der Waals surface area contributed by atoms with Crippen LogP contribution in [0.2, 0.25) is 0 Å². The van der Waals surface area contributed by atoms with Gasteiger partial charge in [-0.1, -0.05) is 6.92 Å². The smallest absolute Gasteiger partial charge is 0.387 e. The van der Waals surface area contributed by atoms with Crippen LogP contribution < -0.4 is 19.9 Å². The maximum Gasteiger partial charge on any atom is 0.387 e. The Bertz CT molecular complexity index is 623. The van der Waals surface area contributed by atoms with Gasteiger partial charge in [-0.3, -0.25) is 0 Å². The molecule has 0 aliphatic carbocycles. The van der Waals surface area contributed by atoms with E-state index in [0.717, 1.165) is 25.9 Å². The molecule has 2 aliphatic rings. The molecule has 9 heteroatoms. The zero-order valence-electron chi connectivity index (χ0n) is 13.9. The van der Waals surface area contributed by atoms with E-state index in [-0.39, 0.29) is 43.1 Å². The van der Waals surface area contributed by atoms with Crippen LogP contribution in [0.25, 0.3) is 0 Å². The molecule has 0 amide bonds. The molecule has 0 saturated carbocycles. The van der Waals surface area contributed by atoms with Crippen LogP contribution in [-0.4, -0.2) is 37.4 Å². The summed E-state index contributed by atoms with van der Waals surface area (Å²) in [6, 6.07) is 3.01.